The Morgan fingerprint density at radius 1 is 1.13 bits per heavy atom. The number of rotatable bonds is 8. The van der Waals surface area contributed by atoms with Gasteiger partial charge < -0.3 is 10.1 Å². The van der Waals surface area contributed by atoms with Gasteiger partial charge in [0.1, 0.15) is 11.6 Å². The predicted octanol–water partition coefficient (Wildman–Crippen LogP) is 4.10. The highest BCUT2D eigenvalue weighted by molar-refractivity contribution is 5.87. The Morgan fingerprint density at radius 3 is 2.71 bits per heavy atom. The molecular weight excluding hydrogens is 393 g/mol. The monoisotopic (exact) mass is 421 g/mol. The molecule has 2 aromatic heterocycles. The van der Waals surface area contributed by atoms with Crippen molar-refractivity contribution in [1.29, 1.82) is 0 Å². The summed E-state index contributed by atoms with van der Waals surface area (Å²) in [6, 6.07) is 10.8. The van der Waals surface area contributed by atoms with E-state index in [4.69, 9.17) is 4.74 Å². The minimum Gasteiger partial charge on any atom is -0.492 e. The predicted molar refractivity (Wildman–Crippen MR) is 121 cm³/mol. The molecule has 0 bridgehead atoms. The quantitative estimate of drug-likeness (QED) is 0.449. The average molecular weight is 422 g/mol. The van der Waals surface area contributed by atoms with Crippen molar-refractivity contribution in [2.45, 2.75) is 26.7 Å². The van der Waals surface area contributed by atoms with Crippen molar-refractivity contribution in [2.75, 3.05) is 20.2 Å². The molecule has 0 spiro atoms. The van der Waals surface area contributed by atoms with Crippen molar-refractivity contribution >= 4 is 10.9 Å². The SMILES string of the molecule is CNCCc1[nH]nc2ccc(-c3ccc(F)cc3OCCc3c(C)nn(C)c3C)cc12. The van der Waals surface area contributed by atoms with Crippen molar-refractivity contribution in [2.24, 2.45) is 7.05 Å². The van der Waals surface area contributed by atoms with E-state index >= 15 is 0 Å². The second kappa shape index (κ2) is 8.89. The third kappa shape index (κ3) is 4.32. The van der Waals surface area contributed by atoms with Crippen molar-refractivity contribution in [3.8, 4) is 16.9 Å². The van der Waals surface area contributed by atoms with E-state index < -0.39 is 0 Å². The molecule has 31 heavy (non-hydrogen) atoms. The van der Waals surface area contributed by atoms with Crippen LogP contribution in [0, 0.1) is 19.7 Å². The van der Waals surface area contributed by atoms with E-state index in [1.54, 1.807) is 6.07 Å². The molecule has 0 fully saturated rings. The number of nitrogens with one attached hydrogen (secondary N) is 2. The lowest BCUT2D eigenvalue weighted by Crippen LogP contribution is -2.10. The van der Waals surface area contributed by atoms with E-state index in [1.165, 1.54) is 17.7 Å². The van der Waals surface area contributed by atoms with Crippen LogP contribution in [-0.2, 0) is 19.9 Å². The van der Waals surface area contributed by atoms with E-state index in [0.717, 1.165) is 58.5 Å². The van der Waals surface area contributed by atoms with Gasteiger partial charge in [-0.2, -0.15) is 10.2 Å². The number of H-pyrrole nitrogens is 1. The number of benzene rings is 2. The molecule has 0 aliphatic rings. The normalized spacial score (nSPS) is 11.4. The summed E-state index contributed by atoms with van der Waals surface area (Å²) in [6.07, 6.45) is 1.57. The van der Waals surface area contributed by atoms with Crippen LogP contribution in [0.5, 0.6) is 5.75 Å². The topological polar surface area (TPSA) is 67.8 Å². The van der Waals surface area contributed by atoms with Crippen LogP contribution in [0.3, 0.4) is 0 Å². The molecule has 0 unspecified atom stereocenters. The summed E-state index contributed by atoms with van der Waals surface area (Å²) in [4.78, 5) is 0. The second-order valence-corrected chi connectivity index (χ2v) is 7.80. The molecule has 4 aromatic rings. The fourth-order valence-electron chi connectivity index (χ4n) is 3.97. The van der Waals surface area contributed by atoms with Gasteiger partial charge in [-0.05, 0) is 56.3 Å². The van der Waals surface area contributed by atoms with Gasteiger partial charge in [0.2, 0.25) is 0 Å². The van der Waals surface area contributed by atoms with E-state index in [0.29, 0.717) is 12.4 Å². The molecule has 2 heterocycles. The van der Waals surface area contributed by atoms with Gasteiger partial charge in [-0.3, -0.25) is 9.78 Å². The van der Waals surface area contributed by atoms with E-state index in [2.05, 4.69) is 33.6 Å². The number of aryl methyl sites for hydroxylation is 2. The van der Waals surface area contributed by atoms with Crippen molar-refractivity contribution < 1.29 is 9.13 Å². The zero-order valence-corrected chi connectivity index (χ0v) is 18.4. The van der Waals surface area contributed by atoms with Gasteiger partial charge in [-0.25, -0.2) is 4.39 Å². The van der Waals surface area contributed by atoms with Crippen LogP contribution in [0.1, 0.15) is 22.6 Å². The summed E-state index contributed by atoms with van der Waals surface area (Å²) in [5, 5.41) is 16.2. The number of fused-ring (bicyclic) bond motifs is 1. The van der Waals surface area contributed by atoms with E-state index in [9.17, 15) is 4.39 Å². The molecule has 0 aliphatic carbocycles. The first-order valence-corrected chi connectivity index (χ1v) is 10.5. The van der Waals surface area contributed by atoms with Gasteiger partial charge in [0, 0.05) is 54.8 Å². The molecule has 0 saturated heterocycles. The number of hydrogen-bond acceptors (Lipinski definition) is 4. The first kappa shape index (κ1) is 21.1. The lowest BCUT2D eigenvalue weighted by Gasteiger charge is -2.13. The van der Waals surface area contributed by atoms with Crippen molar-refractivity contribution in [3.63, 3.8) is 0 Å². The Morgan fingerprint density at radius 2 is 1.97 bits per heavy atom. The number of aromatic amines is 1. The summed E-state index contributed by atoms with van der Waals surface area (Å²) in [5.74, 6) is 0.227. The first-order valence-electron chi connectivity index (χ1n) is 10.5. The molecule has 0 aliphatic heterocycles. The second-order valence-electron chi connectivity index (χ2n) is 7.80. The lowest BCUT2D eigenvalue weighted by molar-refractivity contribution is 0.321. The number of nitrogens with zero attached hydrogens (tertiary/aromatic N) is 3. The molecule has 0 amide bonds. The lowest BCUT2D eigenvalue weighted by atomic mass is 10.0. The van der Waals surface area contributed by atoms with Gasteiger partial charge in [0.15, 0.2) is 0 Å². The average Bonchev–Trinajstić information content (AvgIpc) is 3.27. The smallest absolute Gasteiger partial charge is 0.130 e. The van der Waals surface area contributed by atoms with Crippen LogP contribution < -0.4 is 10.1 Å². The molecule has 0 radical (unpaired) electrons. The highest BCUT2D eigenvalue weighted by Crippen LogP contribution is 2.33. The third-order valence-corrected chi connectivity index (χ3v) is 5.78. The number of aromatic nitrogens is 4. The maximum absolute atomic E-state index is 14.0. The zero-order valence-electron chi connectivity index (χ0n) is 18.4. The van der Waals surface area contributed by atoms with E-state index in [-0.39, 0.29) is 5.82 Å². The fraction of sp³-hybridized carbons (Fsp3) is 0.333. The molecule has 2 aromatic carbocycles. The molecule has 2 N–H and O–H groups in total. The van der Waals surface area contributed by atoms with Crippen LogP contribution >= 0.6 is 0 Å². The van der Waals surface area contributed by atoms with Gasteiger partial charge in [-0.1, -0.05) is 6.07 Å². The number of ether oxygens (including phenoxy) is 1. The highest BCUT2D eigenvalue weighted by Gasteiger charge is 2.13. The Labute approximate surface area is 181 Å². The van der Waals surface area contributed by atoms with Crippen LogP contribution in [0.15, 0.2) is 36.4 Å². The van der Waals surface area contributed by atoms with Crippen LogP contribution in [-0.4, -0.2) is 40.2 Å². The largest absolute Gasteiger partial charge is 0.492 e. The summed E-state index contributed by atoms with van der Waals surface area (Å²) >= 11 is 0. The molecule has 0 atom stereocenters. The Bertz CT molecular complexity index is 1210. The number of hydrogen-bond donors (Lipinski definition) is 2. The van der Waals surface area contributed by atoms with Gasteiger partial charge in [-0.15, -0.1) is 0 Å². The molecule has 4 rings (SSSR count). The maximum Gasteiger partial charge on any atom is 0.130 e. The van der Waals surface area contributed by atoms with Gasteiger partial charge >= 0.3 is 0 Å². The minimum atomic E-state index is -0.313. The Hall–Kier alpha value is -3.19. The Balaban J connectivity index is 1.60. The first-order chi connectivity index (χ1) is 15.0. The Kier molecular flexibility index (Phi) is 6.04. The summed E-state index contributed by atoms with van der Waals surface area (Å²) in [5.41, 5.74) is 7.14. The van der Waals surface area contributed by atoms with E-state index in [1.807, 2.05) is 37.8 Å². The standard InChI is InChI=1S/C24H28FN5O/c1-15-19(16(2)30(4)29-15)10-12-31-24-14-18(25)6-7-20(24)17-5-8-22-21(13-17)23(28-27-22)9-11-26-3/h5-8,13-14,26H,9-12H2,1-4H3,(H,27,28). The molecular formula is C24H28FN5O. The maximum atomic E-state index is 14.0. The van der Waals surface area contributed by atoms with Gasteiger partial charge in [0.25, 0.3) is 0 Å². The third-order valence-electron chi connectivity index (χ3n) is 5.78. The molecule has 0 saturated carbocycles. The summed E-state index contributed by atoms with van der Waals surface area (Å²) in [7, 11) is 3.87. The number of halogens is 1. The number of likely N-dealkylation sites (N-methyl/N-ethyl adjacent to an activating group) is 1. The summed E-state index contributed by atoms with van der Waals surface area (Å²) in [6.45, 7) is 5.36. The van der Waals surface area contributed by atoms with Crippen LogP contribution in [0.2, 0.25) is 0 Å². The zero-order chi connectivity index (χ0) is 22.0. The molecule has 7 heteroatoms. The van der Waals surface area contributed by atoms with Gasteiger partial charge in [0.05, 0.1) is 17.8 Å². The molecule has 6 nitrogen and oxygen atoms in total. The van der Waals surface area contributed by atoms with Crippen molar-refractivity contribution in [1.82, 2.24) is 25.3 Å². The van der Waals surface area contributed by atoms with Crippen LogP contribution in [0.25, 0.3) is 22.0 Å². The van der Waals surface area contributed by atoms with Crippen molar-refractivity contribution in [3.05, 3.63) is 64.9 Å². The highest BCUT2D eigenvalue weighted by atomic mass is 19.1. The minimum absolute atomic E-state index is 0.313. The van der Waals surface area contributed by atoms with Crippen LogP contribution in [0.4, 0.5) is 4.39 Å². The molecule has 162 valence electrons. The summed E-state index contributed by atoms with van der Waals surface area (Å²) < 4.78 is 22.0. The fourth-order valence-corrected chi connectivity index (χ4v) is 3.97.